The van der Waals surface area contributed by atoms with Crippen LogP contribution in [-0.4, -0.2) is 28.1 Å². The van der Waals surface area contributed by atoms with Gasteiger partial charge in [0.2, 0.25) is 16.8 Å². The molecule has 2 aromatic carbocycles. The lowest BCUT2D eigenvalue weighted by molar-refractivity contribution is 0.174. The van der Waals surface area contributed by atoms with E-state index < -0.39 is 10.0 Å². The van der Waals surface area contributed by atoms with E-state index in [4.69, 9.17) is 14.2 Å². The van der Waals surface area contributed by atoms with Crippen LogP contribution in [-0.2, 0) is 23.0 Å². The molecule has 0 aromatic heterocycles. The van der Waals surface area contributed by atoms with Gasteiger partial charge in [0.25, 0.3) is 0 Å². The van der Waals surface area contributed by atoms with Crippen LogP contribution >= 0.6 is 0 Å². The summed E-state index contributed by atoms with van der Waals surface area (Å²) >= 11 is 0. The number of methoxy groups -OCH3 is 1. The summed E-state index contributed by atoms with van der Waals surface area (Å²) < 4.78 is 42.6. The second-order valence-corrected chi connectivity index (χ2v) is 7.36. The summed E-state index contributed by atoms with van der Waals surface area (Å²) in [6.07, 6.45) is 0.424. The first-order valence-corrected chi connectivity index (χ1v) is 9.20. The number of aryl methyl sites for hydroxylation is 1. The van der Waals surface area contributed by atoms with Gasteiger partial charge in [-0.2, -0.15) is 0 Å². The quantitative estimate of drug-likeness (QED) is 0.828. The number of nitrogens with one attached hydrogen (secondary N) is 1. The summed E-state index contributed by atoms with van der Waals surface area (Å²) in [6.45, 7) is 0.419. The third-order valence-electron chi connectivity index (χ3n) is 3.73. The van der Waals surface area contributed by atoms with Crippen LogP contribution in [0, 0.1) is 0 Å². The predicted octanol–water partition coefficient (Wildman–Crippen LogP) is 2.09. The van der Waals surface area contributed by atoms with Gasteiger partial charge >= 0.3 is 0 Å². The first-order valence-electron chi connectivity index (χ1n) is 7.54. The molecule has 0 saturated heterocycles. The second-order valence-electron chi connectivity index (χ2n) is 5.43. The van der Waals surface area contributed by atoms with Crippen LogP contribution in [0.4, 0.5) is 0 Å². The van der Waals surface area contributed by atoms with Crippen LogP contribution in [0.25, 0.3) is 0 Å². The zero-order valence-electron chi connectivity index (χ0n) is 13.3. The molecular formula is C17H19NO5S. The van der Waals surface area contributed by atoms with Gasteiger partial charge in [-0.05, 0) is 41.8 Å². The molecule has 0 unspecified atom stereocenters. The van der Waals surface area contributed by atoms with Gasteiger partial charge in [-0.3, -0.25) is 0 Å². The van der Waals surface area contributed by atoms with E-state index in [9.17, 15) is 8.42 Å². The van der Waals surface area contributed by atoms with Gasteiger partial charge in [-0.1, -0.05) is 18.2 Å². The van der Waals surface area contributed by atoms with E-state index >= 15 is 0 Å². The van der Waals surface area contributed by atoms with E-state index in [1.807, 2.05) is 30.3 Å². The van der Waals surface area contributed by atoms with Gasteiger partial charge in [0.05, 0.1) is 12.9 Å². The van der Waals surface area contributed by atoms with Crippen molar-refractivity contribution in [3.63, 3.8) is 0 Å². The maximum Gasteiger partial charge on any atom is 0.231 e. The molecule has 1 aliphatic rings. The topological polar surface area (TPSA) is 73.9 Å². The van der Waals surface area contributed by atoms with Crippen molar-refractivity contribution in [1.82, 2.24) is 4.72 Å². The molecule has 0 amide bonds. The fourth-order valence-corrected chi connectivity index (χ4v) is 3.43. The summed E-state index contributed by atoms with van der Waals surface area (Å²) in [5.74, 6) is 2.06. The van der Waals surface area contributed by atoms with Crippen LogP contribution in [0.2, 0.25) is 0 Å². The summed E-state index contributed by atoms with van der Waals surface area (Å²) in [4.78, 5) is 0. The van der Waals surface area contributed by atoms with E-state index in [1.54, 1.807) is 19.2 Å². The van der Waals surface area contributed by atoms with Gasteiger partial charge in [0.1, 0.15) is 5.75 Å². The van der Waals surface area contributed by atoms with Crippen LogP contribution in [0.1, 0.15) is 11.1 Å². The lowest BCUT2D eigenvalue weighted by atomic mass is 10.2. The number of sulfonamides is 1. The van der Waals surface area contributed by atoms with Crippen molar-refractivity contribution < 1.29 is 22.6 Å². The van der Waals surface area contributed by atoms with Gasteiger partial charge in [0.15, 0.2) is 11.5 Å². The normalized spacial score (nSPS) is 13.0. The first-order chi connectivity index (χ1) is 11.6. The van der Waals surface area contributed by atoms with Crippen molar-refractivity contribution in [3.05, 3.63) is 53.6 Å². The Labute approximate surface area is 141 Å². The highest BCUT2D eigenvalue weighted by Gasteiger charge is 2.15. The minimum Gasteiger partial charge on any atom is -0.497 e. The van der Waals surface area contributed by atoms with Gasteiger partial charge in [-0.15, -0.1) is 0 Å². The molecule has 0 bridgehead atoms. The molecule has 0 saturated carbocycles. The summed E-state index contributed by atoms with van der Waals surface area (Å²) in [7, 11) is -1.79. The zero-order valence-corrected chi connectivity index (χ0v) is 14.1. The molecule has 0 atom stereocenters. The van der Waals surface area contributed by atoms with E-state index in [0.717, 1.165) is 16.9 Å². The molecule has 24 heavy (non-hydrogen) atoms. The summed E-state index contributed by atoms with van der Waals surface area (Å²) in [6, 6.07) is 12.8. The molecule has 0 radical (unpaired) electrons. The summed E-state index contributed by atoms with van der Waals surface area (Å²) in [5, 5.41) is 0. The van der Waals surface area contributed by atoms with Crippen molar-refractivity contribution in [2.75, 3.05) is 19.7 Å². The Hall–Kier alpha value is -2.25. The van der Waals surface area contributed by atoms with Gasteiger partial charge in [-0.25, -0.2) is 13.1 Å². The Morgan fingerprint density at radius 3 is 2.75 bits per heavy atom. The fraction of sp³-hybridized carbons (Fsp3) is 0.294. The zero-order chi connectivity index (χ0) is 17.0. The van der Waals surface area contributed by atoms with Crippen molar-refractivity contribution >= 4 is 10.0 Å². The smallest absolute Gasteiger partial charge is 0.231 e. The molecule has 1 aliphatic heterocycles. The van der Waals surface area contributed by atoms with Crippen molar-refractivity contribution in [1.29, 1.82) is 0 Å². The average Bonchev–Trinajstić information content (AvgIpc) is 3.06. The number of fused-ring (bicyclic) bond motifs is 1. The average molecular weight is 349 g/mol. The largest absolute Gasteiger partial charge is 0.497 e. The Bertz CT molecular complexity index is 819. The predicted molar refractivity (Wildman–Crippen MR) is 89.9 cm³/mol. The van der Waals surface area contributed by atoms with E-state index in [0.29, 0.717) is 17.9 Å². The number of ether oxygens (including phenoxy) is 3. The molecule has 2 aromatic rings. The van der Waals surface area contributed by atoms with Crippen molar-refractivity contribution in [3.8, 4) is 17.2 Å². The van der Waals surface area contributed by atoms with Crippen LogP contribution < -0.4 is 18.9 Å². The molecule has 1 heterocycles. The van der Waals surface area contributed by atoms with Crippen LogP contribution in [0.15, 0.2) is 42.5 Å². The third-order valence-corrected chi connectivity index (χ3v) is 5.05. The lowest BCUT2D eigenvalue weighted by Crippen LogP contribution is -2.26. The molecule has 1 N–H and O–H groups in total. The fourth-order valence-electron chi connectivity index (χ4n) is 2.40. The molecule has 128 valence electrons. The first kappa shape index (κ1) is 16.6. The highest BCUT2D eigenvalue weighted by Crippen LogP contribution is 2.32. The summed E-state index contributed by atoms with van der Waals surface area (Å²) in [5.41, 5.74) is 1.74. The van der Waals surface area contributed by atoms with Crippen molar-refractivity contribution in [2.24, 2.45) is 0 Å². The van der Waals surface area contributed by atoms with Gasteiger partial charge in [0, 0.05) is 6.54 Å². The minimum atomic E-state index is -3.37. The molecule has 0 aliphatic carbocycles. The SMILES string of the molecule is COc1cccc(CCS(=O)(=O)NCc2ccc3c(c2)OCO3)c1. The van der Waals surface area contributed by atoms with Crippen LogP contribution in [0.3, 0.4) is 0 Å². The maximum absolute atomic E-state index is 12.2. The van der Waals surface area contributed by atoms with E-state index in [-0.39, 0.29) is 19.1 Å². The molecule has 0 spiro atoms. The number of hydrogen-bond donors (Lipinski definition) is 1. The third kappa shape index (κ3) is 4.18. The van der Waals surface area contributed by atoms with E-state index in [1.165, 1.54) is 0 Å². The number of hydrogen-bond acceptors (Lipinski definition) is 5. The Morgan fingerprint density at radius 2 is 1.92 bits per heavy atom. The van der Waals surface area contributed by atoms with Crippen molar-refractivity contribution in [2.45, 2.75) is 13.0 Å². The van der Waals surface area contributed by atoms with Gasteiger partial charge < -0.3 is 14.2 Å². The second kappa shape index (κ2) is 7.11. The van der Waals surface area contributed by atoms with E-state index in [2.05, 4.69) is 4.72 Å². The molecule has 0 fully saturated rings. The standard InChI is InChI=1S/C17H19NO5S/c1-21-15-4-2-3-13(9-15)7-8-24(19,20)18-11-14-5-6-16-17(10-14)23-12-22-16/h2-6,9-10,18H,7-8,11-12H2,1H3. The Morgan fingerprint density at radius 1 is 1.08 bits per heavy atom. The molecule has 7 heteroatoms. The number of benzene rings is 2. The Balaban J connectivity index is 1.56. The van der Waals surface area contributed by atoms with Crippen LogP contribution in [0.5, 0.6) is 17.2 Å². The maximum atomic E-state index is 12.2. The molecule has 3 rings (SSSR count). The minimum absolute atomic E-state index is 0.0186. The number of rotatable bonds is 7. The monoisotopic (exact) mass is 349 g/mol. The highest BCUT2D eigenvalue weighted by molar-refractivity contribution is 7.89. The molecular weight excluding hydrogens is 330 g/mol. The molecule has 6 nitrogen and oxygen atoms in total. The lowest BCUT2D eigenvalue weighted by Gasteiger charge is -2.08. The highest BCUT2D eigenvalue weighted by atomic mass is 32.2. The Kier molecular flexibility index (Phi) is 4.92.